The molecule has 5 nitrogen and oxygen atoms in total. The van der Waals surface area contributed by atoms with E-state index in [9.17, 15) is 9.59 Å². The summed E-state index contributed by atoms with van der Waals surface area (Å²) in [5, 5.41) is 8.36. The topological polar surface area (TPSA) is 70.2 Å². The number of carbonyl (C=O) groups excluding carboxylic acids is 2. The number of benzene rings is 2. The minimum atomic E-state index is -0.173. The van der Waals surface area contributed by atoms with E-state index in [-0.39, 0.29) is 18.4 Å². The summed E-state index contributed by atoms with van der Waals surface area (Å²) in [5.74, 6) is -0.321. The number of likely N-dealkylation sites (N-methyl/N-ethyl adjacent to an activating group) is 1. The first-order chi connectivity index (χ1) is 10.7. The molecule has 0 unspecified atom stereocenters. The van der Waals surface area contributed by atoms with Crippen molar-refractivity contribution in [2.75, 3.05) is 18.9 Å². The maximum atomic E-state index is 12.1. The third kappa shape index (κ3) is 4.71. The van der Waals surface area contributed by atoms with Crippen molar-refractivity contribution in [3.8, 4) is 0 Å². The molecule has 0 radical (unpaired) electrons. The minimum Gasteiger partial charge on any atom is -0.348 e. The molecule has 2 aromatic carbocycles. The van der Waals surface area contributed by atoms with Crippen molar-refractivity contribution < 1.29 is 9.59 Å². The van der Waals surface area contributed by atoms with E-state index in [1.807, 2.05) is 30.3 Å². The molecule has 0 saturated carbocycles. The first-order valence-electron chi connectivity index (χ1n) is 7.05. The quantitative estimate of drug-likeness (QED) is 0.761. The second-order valence-corrected chi connectivity index (χ2v) is 4.83. The van der Waals surface area contributed by atoms with Crippen molar-refractivity contribution in [2.24, 2.45) is 0 Å². The first kappa shape index (κ1) is 15.7. The van der Waals surface area contributed by atoms with E-state index in [4.69, 9.17) is 0 Å². The molecule has 22 heavy (non-hydrogen) atoms. The maximum absolute atomic E-state index is 12.1. The van der Waals surface area contributed by atoms with Gasteiger partial charge in [0, 0.05) is 17.8 Å². The molecule has 0 fully saturated rings. The molecule has 0 aliphatic rings. The van der Waals surface area contributed by atoms with E-state index in [0.717, 1.165) is 5.56 Å². The lowest BCUT2D eigenvalue weighted by Crippen LogP contribution is -2.25. The predicted molar refractivity (Wildman–Crippen MR) is 86.6 cm³/mol. The number of carbonyl (C=O) groups is 2. The van der Waals surface area contributed by atoms with Crippen molar-refractivity contribution in [2.45, 2.75) is 6.54 Å². The Hall–Kier alpha value is -2.66. The monoisotopic (exact) mass is 297 g/mol. The molecule has 0 aliphatic heterocycles. The Morgan fingerprint density at radius 3 is 2.50 bits per heavy atom. The molecule has 0 bridgehead atoms. The van der Waals surface area contributed by atoms with Crippen LogP contribution in [0.4, 0.5) is 5.69 Å². The van der Waals surface area contributed by atoms with Crippen molar-refractivity contribution in [3.63, 3.8) is 0 Å². The minimum absolute atomic E-state index is 0.149. The average Bonchev–Trinajstić information content (AvgIpc) is 2.54. The molecule has 2 aromatic rings. The van der Waals surface area contributed by atoms with Crippen LogP contribution in [0.5, 0.6) is 0 Å². The zero-order valence-electron chi connectivity index (χ0n) is 12.4. The number of hydrogen-bond acceptors (Lipinski definition) is 3. The standard InChI is InChI=1S/C17H19N3O2/c1-18-12-16(21)20-15-9-5-8-14(10-15)17(22)19-11-13-6-3-2-4-7-13/h2-10,18H,11-12H2,1H3,(H,19,22)(H,20,21). The normalized spacial score (nSPS) is 10.0. The van der Waals surface area contributed by atoms with Gasteiger partial charge in [0.2, 0.25) is 5.91 Å². The first-order valence-corrected chi connectivity index (χ1v) is 7.05. The van der Waals surface area contributed by atoms with Gasteiger partial charge in [-0.2, -0.15) is 0 Å². The van der Waals surface area contributed by atoms with E-state index in [1.54, 1.807) is 31.3 Å². The van der Waals surface area contributed by atoms with Crippen LogP contribution in [0.1, 0.15) is 15.9 Å². The second-order valence-electron chi connectivity index (χ2n) is 4.83. The van der Waals surface area contributed by atoms with Gasteiger partial charge in [-0.05, 0) is 30.8 Å². The van der Waals surface area contributed by atoms with Crippen molar-refractivity contribution in [1.29, 1.82) is 0 Å². The van der Waals surface area contributed by atoms with Crippen LogP contribution in [0.2, 0.25) is 0 Å². The molecule has 0 aromatic heterocycles. The molecule has 2 amide bonds. The highest BCUT2D eigenvalue weighted by atomic mass is 16.2. The summed E-state index contributed by atoms with van der Waals surface area (Å²) in [6.45, 7) is 0.695. The molecular formula is C17H19N3O2. The summed E-state index contributed by atoms with van der Waals surface area (Å²) in [6.07, 6.45) is 0. The fourth-order valence-electron chi connectivity index (χ4n) is 1.98. The summed E-state index contributed by atoms with van der Waals surface area (Å²) in [5.41, 5.74) is 2.15. The van der Waals surface area contributed by atoms with E-state index in [2.05, 4.69) is 16.0 Å². The Bertz CT molecular complexity index is 641. The van der Waals surface area contributed by atoms with Gasteiger partial charge < -0.3 is 16.0 Å². The summed E-state index contributed by atoms with van der Waals surface area (Å²) >= 11 is 0. The average molecular weight is 297 g/mol. The van der Waals surface area contributed by atoms with Gasteiger partial charge in [-0.3, -0.25) is 9.59 Å². The highest BCUT2D eigenvalue weighted by Crippen LogP contribution is 2.11. The van der Waals surface area contributed by atoms with Crippen LogP contribution < -0.4 is 16.0 Å². The van der Waals surface area contributed by atoms with Gasteiger partial charge in [0.05, 0.1) is 6.54 Å². The van der Waals surface area contributed by atoms with Crippen LogP contribution in [0.3, 0.4) is 0 Å². The third-order valence-electron chi connectivity index (χ3n) is 3.04. The van der Waals surface area contributed by atoms with Gasteiger partial charge in [0.15, 0.2) is 0 Å². The van der Waals surface area contributed by atoms with Gasteiger partial charge in [0.25, 0.3) is 5.91 Å². The molecule has 0 heterocycles. The second kappa shape index (κ2) is 7.95. The molecule has 3 N–H and O–H groups in total. The molecular weight excluding hydrogens is 278 g/mol. The van der Waals surface area contributed by atoms with Crippen LogP contribution >= 0.6 is 0 Å². The molecule has 0 saturated heterocycles. The number of hydrogen-bond donors (Lipinski definition) is 3. The van der Waals surface area contributed by atoms with Crippen LogP contribution in [0, 0.1) is 0 Å². The van der Waals surface area contributed by atoms with Crippen molar-refractivity contribution in [3.05, 3.63) is 65.7 Å². The lowest BCUT2D eigenvalue weighted by atomic mass is 10.1. The fourth-order valence-corrected chi connectivity index (χ4v) is 1.98. The molecule has 2 rings (SSSR count). The van der Waals surface area contributed by atoms with Crippen LogP contribution in [-0.2, 0) is 11.3 Å². The number of anilines is 1. The largest absolute Gasteiger partial charge is 0.348 e. The molecule has 0 aliphatic carbocycles. The van der Waals surface area contributed by atoms with Gasteiger partial charge in [0.1, 0.15) is 0 Å². The van der Waals surface area contributed by atoms with Crippen molar-refractivity contribution in [1.82, 2.24) is 10.6 Å². The molecule has 5 heteroatoms. The smallest absolute Gasteiger partial charge is 0.251 e. The van der Waals surface area contributed by atoms with Gasteiger partial charge in [-0.15, -0.1) is 0 Å². The van der Waals surface area contributed by atoms with E-state index < -0.39 is 0 Å². The van der Waals surface area contributed by atoms with E-state index in [0.29, 0.717) is 17.8 Å². The summed E-state index contributed by atoms with van der Waals surface area (Å²) in [7, 11) is 1.70. The lowest BCUT2D eigenvalue weighted by Gasteiger charge is -2.08. The predicted octanol–water partition coefficient (Wildman–Crippen LogP) is 1.77. The highest BCUT2D eigenvalue weighted by Gasteiger charge is 2.07. The highest BCUT2D eigenvalue weighted by molar-refractivity contribution is 5.97. The van der Waals surface area contributed by atoms with E-state index in [1.165, 1.54) is 0 Å². The van der Waals surface area contributed by atoms with Gasteiger partial charge in [-0.1, -0.05) is 36.4 Å². The zero-order chi connectivity index (χ0) is 15.8. The van der Waals surface area contributed by atoms with Gasteiger partial charge in [-0.25, -0.2) is 0 Å². The number of rotatable bonds is 6. The van der Waals surface area contributed by atoms with E-state index >= 15 is 0 Å². The Morgan fingerprint density at radius 2 is 1.77 bits per heavy atom. The Labute approximate surface area is 129 Å². The number of nitrogens with one attached hydrogen (secondary N) is 3. The SMILES string of the molecule is CNCC(=O)Nc1cccc(C(=O)NCc2ccccc2)c1. The third-order valence-corrected chi connectivity index (χ3v) is 3.04. The van der Waals surface area contributed by atoms with Crippen LogP contribution in [-0.4, -0.2) is 25.4 Å². The van der Waals surface area contributed by atoms with Crippen molar-refractivity contribution >= 4 is 17.5 Å². The summed E-state index contributed by atoms with van der Waals surface area (Å²) in [4.78, 5) is 23.7. The summed E-state index contributed by atoms with van der Waals surface area (Å²) in [6, 6.07) is 16.6. The molecule has 0 spiro atoms. The fraction of sp³-hybridized carbons (Fsp3) is 0.176. The molecule has 0 atom stereocenters. The van der Waals surface area contributed by atoms with Crippen LogP contribution in [0.25, 0.3) is 0 Å². The molecule has 114 valence electrons. The zero-order valence-corrected chi connectivity index (χ0v) is 12.4. The Kier molecular flexibility index (Phi) is 5.68. The Morgan fingerprint density at radius 1 is 1.00 bits per heavy atom. The maximum Gasteiger partial charge on any atom is 0.251 e. The number of amides is 2. The van der Waals surface area contributed by atoms with Crippen LogP contribution in [0.15, 0.2) is 54.6 Å². The lowest BCUT2D eigenvalue weighted by molar-refractivity contribution is -0.115. The summed E-state index contributed by atoms with van der Waals surface area (Å²) < 4.78 is 0. The Balaban J connectivity index is 1.96. The van der Waals surface area contributed by atoms with Gasteiger partial charge >= 0.3 is 0 Å².